The number of carboxylic acid groups (broad SMARTS) is 1. The molecule has 1 aromatic heterocycles. The van der Waals surface area contributed by atoms with Crippen LogP contribution in [0.2, 0.25) is 0 Å². The van der Waals surface area contributed by atoms with E-state index in [1.807, 2.05) is 30.3 Å². The number of amides is 2. The standard InChI is InChI=1S/C19H21N3O4/c1-2-15(19(25)26)21-18(24)16(11-13-7-4-3-5-8-13)22-17(23)14-9-6-10-20-12-14/h3-10,12,15-16H,2,11H2,1H3,(H,21,24)(H,22,23)(H,25,26). The van der Waals surface area contributed by atoms with Crippen molar-refractivity contribution >= 4 is 17.8 Å². The summed E-state index contributed by atoms with van der Waals surface area (Å²) in [6.45, 7) is 1.67. The summed E-state index contributed by atoms with van der Waals surface area (Å²) in [5.74, 6) is -2.10. The first kappa shape index (κ1) is 19.1. The van der Waals surface area contributed by atoms with Crippen molar-refractivity contribution < 1.29 is 19.5 Å². The molecule has 1 heterocycles. The summed E-state index contributed by atoms with van der Waals surface area (Å²) in [5.41, 5.74) is 1.17. The molecule has 0 saturated carbocycles. The van der Waals surface area contributed by atoms with Gasteiger partial charge >= 0.3 is 5.97 Å². The largest absolute Gasteiger partial charge is 0.480 e. The van der Waals surface area contributed by atoms with Gasteiger partial charge in [0.15, 0.2) is 0 Å². The molecule has 0 radical (unpaired) electrons. The number of nitrogens with one attached hydrogen (secondary N) is 2. The Balaban J connectivity index is 2.16. The second-order valence-corrected chi connectivity index (χ2v) is 5.77. The number of hydrogen-bond donors (Lipinski definition) is 3. The highest BCUT2D eigenvalue weighted by atomic mass is 16.4. The smallest absolute Gasteiger partial charge is 0.326 e. The number of nitrogens with zero attached hydrogens (tertiary/aromatic N) is 1. The van der Waals surface area contributed by atoms with Crippen LogP contribution in [0.1, 0.15) is 29.3 Å². The zero-order valence-electron chi connectivity index (χ0n) is 14.4. The lowest BCUT2D eigenvalue weighted by atomic mass is 10.0. The zero-order valence-corrected chi connectivity index (χ0v) is 14.4. The maximum Gasteiger partial charge on any atom is 0.326 e. The van der Waals surface area contributed by atoms with Crippen LogP contribution in [0.5, 0.6) is 0 Å². The van der Waals surface area contributed by atoms with Crippen molar-refractivity contribution in [2.24, 2.45) is 0 Å². The Morgan fingerprint density at radius 1 is 1.04 bits per heavy atom. The Morgan fingerprint density at radius 2 is 1.77 bits per heavy atom. The average molecular weight is 355 g/mol. The first-order chi connectivity index (χ1) is 12.5. The van der Waals surface area contributed by atoms with Crippen LogP contribution in [-0.2, 0) is 16.0 Å². The van der Waals surface area contributed by atoms with Crippen LogP contribution in [0.4, 0.5) is 0 Å². The minimum absolute atomic E-state index is 0.245. The van der Waals surface area contributed by atoms with Gasteiger partial charge in [0.1, 0.15) is 12.1 Å². The molecule has 0 bridgehead atoms. The van der Waals surface area contributed by atoms with E-state index in [1.54, 1.807) is 25.3 Å². The number of benzene rings is 1. The lowest BCUT2D eigenvalue weighted by molar-refractivity contribution is -0.142. The molecule has 26 heavy (non-hydrogen) atoms. The van der Waals surface area contributed by atoms with Crippen molar-refractivity contribution in [2.75, 3.05) is 0 Å². The zero-order chi connectivity index (χ0) is 18.9. The van der Waals surface area contributed by atoms with Crippen LogP contribution >= 0.6 is 0 Å². The van der Waals surface area contributed by atoms with Gasteiger partial charge in [0.05, 0.1) is 5.56 Å². The topological polar surface area (TPSA) is 108 Å². The lowest BCUT2D eigenvalue weighted by Crippen LogP contribution is -2.52. The number of hydrogen-bond acceptors (Lipinski definition) is 4. The number of rotatable bonds is 8. The van der Waals surface area contributed by atoms with E-state index in [1.165, 1.54) is 6.20 Å². The minimum atomic E-state index is -1.11. The van der Waals surface area contributed by atoms with E-state index in [0.717, 1.165) is 5.56 Å². The van der Waals surface area contributed by atoms with E-state index in [9.17, 15) is 14.4 Å². The Bertz CT molecular complexity index is 750. The fraction of sp³-hybridized carbons (Fsp3) is 0.263. The van der Waals surface area contributed by atoms with Crippen LogP contribution in [0.15, 0.2) is 54.9 Å². The van der Waals surface area contributed by atoms with Gasteiger partial charge in [-0.2, -0.15) is 0 Å². The molecular formula is C19H21N3O4. The molecule has 2 atom stereocenters. The maximum absolute atomic E-state index is 12.6. The number of pyridine rings is 1. The molecule has 1 aromatic carbocycles. The molecule has 0 spiro atoms. The molecular weight excluding hydrogens is 334 g/mol. The molecule has 7 heteroatoms. The fourth-order valence-corrected chi connectivity index (χ4v) is 2.41. The summed E-state index contributed by atoms with van der Waals surface area (Å²) in [6, 6.07) is 10.5. The first-order valence-corrected chi connectivity index (χ1v) is 8.29. The fourth-order valence-electron chi connectivity index (χ4n) is 2.41. The van der Waals surface area contributed by atoms with Crippen molar-refractivity contribution in [2.45, 2.75) is 31.8 Å². The molecule has 2 amide bonds. The molecule has 2 rings (SSSR count). The number of carbonyl (C=O) groups excluding carboxylic acids is 2. The third kappa shape index (κ3) is 5.41. The highest BCUT2D eigenvalue weighted by Gasteiger charge is 2.26. The number of carbonyl (C=O) groups is 3. The van der Waals surface area contributed by atoms with Crippen molar-refractivity contribution in [1.82, 2.24) is 15.6 Å². The molecule has 2 unspecified atom stereocenters. The highest BCUT2D eigenvalue weighted by Crippen LogP contribution is 2.06. The van der Waals surface area contributed by atoms with Gasteiger partial charge in [-0.3, -0.25) is 14.6 Å². The van der Waals surface area contributed by atoms with Crippen molar-refractivity contribution in [3.05, 3.63) is 66.0 Å². The summed E-state index contributed by atoms with van der Waals surface area (Å²) >= 11 is 0. The van der Waals surface area contributed by atoms with E-state index in [0.29, 0.717) is 5.56 Å². The van der Waals surface area contributed by atoms with Gasteiger partial charge in [-0.15, -0.1) is 0 Å². The summed E-state index contributed by atoms with van der Waals surface area (Å²) < 4.78 is 0. The summed E-state index contributed by atoms with van der Waals surface area (Å²) in [7, 11) is 0. The second-order valence-electron chi connectivity index (χ2n) is 5.77. The van der Waals surface area contributed by atoms with E-state index >= 15 is 0 Å². The van der Waals surface area contributed by atoms with Crippen LogP contribution in [0, 0.1) is 0 Å². The number of carboxylic acids is 1. The molecule has 0 aliphatic carbocycles. The molecule has 0 saturated heterocycles. The van der Waals surface area contributed by atoms with Gasteiger partial charge in [-0.05, 0) is 24.1 Å². The Labute approximate surface area is 151 Å². The Kier molecular flexibility index (Phi) is 6.84. The van der Waals surface area contributed by atoms with Gasteiger partial charge in [0, 0.05) is 18.8 Å². The van der Waals surface area contributed by atoms with Gasteiger partial charge in [-0.1, -0.05) is 37.3 Å². The predicted molar refractivity (Wildman–Crippen MR) is 95.5 cm³/mol. The normalized spacial score (nSPS) is 12.7. The Hall–Kier alpha value is -3.22. The number of aromatic nitrogens is 1. The molecule has 0 fully saturated rings. The molecule has 0 aliphatic rings. The lowest BCUT2D eigenvalue weighted by Gasteiger charge is -2.21. The molecule has 2 aromatic rings. The third-order valence-corrected chi connectivity index (χ3v) is 3.85. The van der Waals surface area contributed by atoms with Gasteiger partial charge in [0.25, 0.3) is 5.91 Å². The van der Waals surface area contributed by atoms with E-state index < -0.39 is 29.9 Å². The second kappa shape index (κ2) is 9.31. The van der Waals surface area contributed by atoms with Gasteiger partial charge in [-0.25, -0.2) is 4.79 Å². The summed E-state index contributed by atoms with van der Waals surface area (Å²) in [4.78, 5) is 40.0. The van der Waals surface area contributed by atoms with Crippen LogP contribution in [-0.4, -0.2) is 40.0 Å². The van der Waals surface area contributed by atoms with Gasteiger partial charge < -0.3 is 15.7 Å². The third-order valence-electron chi connectivity index (χ3n) is 3.85. The van der Waals surface area contributed by atoms with Crippen molar-refractivity contribution in [3.63, 3.8) is 0 Å². The van der Waals surface area contributed by atoms with Crippen molar-refractivity contribution in [3.8, 4) is 0 Å². The highest BCUT2D eigenvalue weighted by molar-refractivity contribution is 5.97. The van der Waals surface area contributed by atoms with E-state index in [2.05, 4.69) is 15.6 Å². The average Bonchev–Trinajstić information content (AvgIpc) is 2.66. The van der Waals surface area contributed by atoms with Crippen LogP contribution in [0.25, 0.3) is 0 Å². The predicted octanol–water partition coefficient (Wildman–Crippen LogP) is 1.40. The molecule has 136 valence electrons. The van der Waals surface area contributed by atoms with Crippen LogP contribution < -0.4 is 10.6 Å². The van der Waals surface area contributed by atoms with Gasteiger partial charge in [0.2, 0.25) is 5.91 Å². The van der Waals surface area contributed by atoms with E-state index in [-0.39, 0.29) is 12.8 Å². The van der Waals surface area contributed by atoms with E-state index in [4.69, 9.17) is 5.11 Å². The maximum atomic E-state index is 12.6. The summed E-state index contributed by atoms with van der Waals surface area (Å²) in [6.07, 6.45) is 3.44. The summed E-state index contributed by atoms with van der Waals surface area (Å²) in [5, 5.41) is 14.3. The SMILES string of the molecule is CCC(NC(=O)C(Cc1ccccc1)NC(=O)c1cccnc1)C(=O)O. The first-order valence-electron chi connectivity index (χ1n) is 8.29. The monoisotopic (exact) mass is 355 g/mol. The molecule has 0 aliphatic heterocycles. The molecule has 3 N–H and O–H groups in total. The number of aliphatic carboxylic acids is 1. The quantitative estimate of drug-likeness (QED) is 0.663. The van der Waals surface area contributed by atoms with Crippen LogP contribution in [0.3, 0.4) is 0 Å². The van der Waals surface area contributed by atoms with Crippen molar-refractivity contribution in [1.29, 1.82) is 0 Å². The Morgan fingerprint density at radius 3 is 2.35 bits per heavy atom. The minimum Gasteiger partial charge on any atom is -0.480 e. The molecule has 7 nitrogen and oxygen atoms in total.